The summed E-state index contributed by atoms with van der Waals surface area (Å²) in [5.41, 5.74) is 0.504. The molecule has 0 saturated carbocycles. The van der Waals surface area contributed by atoms with Crippen LogP contribution in [0.3, 0.4) is 0 Å². The number of halogens is 1. The second kappa shape index (κ2) is 4.21. The monoisotopic (exact) mass is 255 g/mol. The van der Waals surface area contributed by atoms with Crippen LogP contribution in [0.1, 0.15) is 0 Å². The third kappa shape index (κ3) is 2.85. The minimum atomic E-state index is -3.38. The molecular weight excluding hydrogens is 245 g/mol. The Morgan fingerprint density at radius 3 is 2.65 bits per heavy atom. The number of rotatable bonds is 3. The van der Waals surface area contributed by atoms with Crippen LogP contribution in [0.5, 0.6) is 0 Å². The molecule has 0 saturated heterocycles. The number of furan rings is 1. The van der Waals surface area contributed by atoms with Crippen molar-refractivity contribution in [3.63, 3.8) is 0 Å². The lowest BCUT2D eigenvalue weighted by molar-refractivity contribution is 0.569. The quantitative estimate of drug-likeness (QED) is 0.916. The van der Waals surface area contributed by atoms with E-state index in [2.05, 4.69) is 4.72 Å². The maximum Gasteiger partial charge on any atom is 0.229 e. The van der Waals surface area contributed by atoms with Crippen molar-refractivity contribution < 1.29 is 17.2 Å². The van der Waals surface area contributed by atoms with Crippen LogP contribution in [0.25, 0.3) is 11.3 Å². The van der Waals surface area contributed by atoms with Crippen molar-refractivity contribution in [1.82, 2.24) is 0 Å². The van der Waals surface area contributed by atoms with Crippen molar-refractivity contribution in [2.24, 2.45) is 0 Å². The molecular formula is C11H10FNO3S. The first-order valence-corrected chi connectivity index (χ1v) is 6.66. The number of sulfonamides is 1. The molecule has 4 nitrogen and oxygen atoms in total. The molecule has 6 heteroatoms. The van der Waals surface area contributed by atoms with E-state index in [4.69, 9.17) is 4.42 Å². The van der Waals surface area contributed by atoms with Crippen LogP contribution in [0.4, 0.5) is 10.1 Å². The maximum absolute atomic E-state index is 13.5. The molecule has 0 bridgehead atoms. The molecule has 1 heterocycles. The van der Waals surface area contributed by atoms with Gasteiger partial charge in [-0.2, -0.15) is 0 Å². The first kappa shape index (κ1) is 11.7. The minimum Gasteiger partial charge on any atom is -0.464 e. The van der Waals surface area contributed by atoms with E-state index < -0.39 is 15.8 Å². The fourth-order valence-electron chi connectivity index (χ4n) is 1.42. The average Bonchev–Trinajstić information content (AvgIpc) is 2.72. The fraction of sp³-hybridized carbons (Fsp3) is 0.0909. The van der Waals surface area contributed by atoms with Crippen molar-refractivity contribution in [2.75, 3.05) is 11.0 Å². The molecule has 17 heavy (non-hydrogen) atoms. The topological polar surface area (TPSA) is 59.3 Å². The highest BCUT2D eigenvalue weighted by Crippen LogP contribution is 2.26. The normalized spacial score (nSPS) is 11.4. The van der Waals surface area contributed by atoms with Gasteiger partial charge in [0.05, 0.1) is 18.1 Å². The average molecular weight is 255 g/mol. The fourth-order valence-corrected chi connectivity index (χ4v) is 1.98. The minimum absolute atomic E-state index is 0.212. The van der Waals surface area contributed by atoms with Crippen molar-refractivity contribution in [2.45, 2.75) is 0 Å². The van der Waals surface area contributed by atoms with Gasteiger partial charge in [-0.3, -0.25) is 4.72 Å². The first-order chi connectivity index (χ1) is 7.96. The summed E-state index contributed by atoms with van der Waals surface area (Å²) >= 11 is 0. The molecule has 0 spiro atoms. The lowest BCUT2D eigenvalue weighted by Crippen LogP contribution is -2.09. The largest absolute Gasteiger partial charge is 0.464 e. The van der Waals surface area contributed by atoms with Crippen molar-refractivity contribution in [3.8, 4) is 11.3 Å². The van der Waals surface area contributed by atoms with Crippen LogP contribution in [0.2, 0.25) is 0 Å². The Hall–Kier alpha value is -1.82. The van der Waals surface area contributed by atoms with E-state index in [1.807, 2.05) is 0 Å². The second-order valence-corrected chi connectivity index (χ2v) is 5.29. The zero-order valence-corrected chi connectivity index (χ0v) is 9.79. The van der Waals surface area contributed by atoms with Gasteiger partial charge in [-0.05, 0) is 30.3 Å². The molecule has 0 aliphatic rings. The molecule has 0 atom stereocenters. The van der Waals surface area contributed by atoms with Crippen molar-refractivity contribution >= 4 is 15.7 Å². The SMILES string of the molecule is CS(=O)(=O)Nc1ccc(F)c(-c2ccco2)c1. The summed E-state index contributed by atoms with van der Waals surface area (Å²) < 4.78 is 43.0. The molecule has 1 aromatic heterocycles. The predicted octanol–water partition coefficient (Wildman–Crippen LogP) is 2.46. The molecule has 0 fully saturated rings. The molecule has 90 valence electrons. The molecule has 0 unspecified atom stereocenters. The Labute approximate surface area is 98.1 Å². The van der Waals surface area contributed by atoms with Crippen LogP contribution >= 0.6 is 0 Å². The van der Waals surface area contributed by atoms with Crippen LogP contribution in [0.15, 0.2) is 41.0 Å². The standard InChI is InChI=1S/C11H10FNO3S/c1-17(14,15)13-8-4-5-10(12)9(7-8)11-3-2-6-16-11/h2-7,13H,1H3. The third-order valence-electron chi connectivity index (χ3n) is 2.06. The van der Waals surface area contributed by atoms with E-state index in [0.29, 0.717) is 11.4 Å². The molecule has 0 amide bonds. The van der Waals surface area contributed by atoms with Gasteiger partial charge in [0.1, 0.15) is 11.6 Å². The molecule has 2 aromatic rings. The smallest absolute Gasteiger partial charge is 0.229 e. The summed E-state index contributed by atoms with van der Waals surface area (Å²) in [5.74, 6) is -0.126. The summed E-state index contributed by atoms with van der Waals surface area (Å²) in [6, 6.07) is 7.15. The number of nitrogens with one attached hydrogen (secondary N) is 1. The number of hydrogen-bond acceptors (Lipinski definition) is 3. The molecule has 0 aliphatic carbocycles. The van der Waals surface area contributed by atoms with Gasteiger partial charge in [0, 0.05) is 5.69 Å². The Bertz CT molecular complexity index is 620. The van der Waals surface area contributed by atoms with Gasteiger partial charge in [0.25, 0.3) is 0 Å². The summed E-state index contributed by atoms with van der Waals surface area (Å²) in [6.07, 6.45) is 2.45. The van der Waals surface area contributed by atoms with E-state index in [-0.39, 0.29) is 5.56 Å². The Kier molecular flexibility index (Phi) is 2.89. The second-order valence-electron chi connectivity index (χ2n) is 3.55. The highest BCUT2D eigenvalue weighted by Gasteiger charge is 2.10. The van der Waals surface area contributed by atoms with E-state index >= 15 is 0 Å². The van der Waals surface area contributed by atoms with Gasteiger partial charge in [0.2, 0.25) is 10.0 Å². The van der Waals surface area contributed by atoms with Crippen molar-refractivity contribution in [3.05, 3.63) is 42.4 Å². The Morgan fingerprint density at radius 2 is 2.06 bits per heavy atom. The van der Waals surface area contributed by atoms with E-state index in [1.54, 1.807) is 12.1 Å². The number of hydrogen-bond donors (Lipinski definition) is 1. The molecule has 1 aromatic carbocycles. The van der Waals surface area contributed by atoms with Gasteiger partial charge < -0.3 is 4.42 Å². The summed E-state index contributed by atoms with van der Waals surface area (Å²) in [7, 11) is -3.38. The number of anilines is 1. The third-order valence-corrected chi connectivity index (χ3v) is 2.66. The van der Waals surface area contributed by atoms with Gasteiger partial charge in [-0.1, -0.05) is 0 Å². The van der Waals surface area contributed by atoms with Gasteiger partial charge in [0.15, 0.2) is 0 Å². The van der Waals surface area contributed by atoms with Gasteiger partial charge in [-0.15, -0.1) is 0 Å². The molecule has 2 rings (SSSR count). The van der Waals surface area contributed by atoms with Crippen LogP contribution in [-0.4, -0.2) is 14.7 Å². The highest BCUT2D eigenvalue weighted by molar-refractivity contribution is 7.92. The number of benzene rings is 1. The zero-order valence-electron chi connectivity index (χ0n) is 8.98. The van der Waals surface area contributed by atoms with E-state index in [9.17, 15) is 12.8 Å². The van der Waals surface area contributed by atoms with Gasteiger partial charge in [-0.25, -0.2) is 12.8 Å². The Balaban J connectivity index is 2.44. The lowest BCUT2D eigenvalue weighted by atomic mass is 10.1. The molecule has 0 aliphatic heterocycles. The Morgan fingerprint density at radius 1 is 1.29 bits per heavy atom. The highest BCUT2D eigenvalue weighted by atomic mass is 32.2. The molecule has 0 radical (unpaired) electrons. The maximum atomic E-state index is 13.5. The van der Waals surface area contributed by atoms with Crippen LogP contribution in [0, 0.1) is 5.82 Å². The van der Waals surface area contributed by atoms with Crippen LogP contribution < -0.4 is 4.72 Å². The van der Waals surface area contributed by atoms with E-state index in [0.717, 1.165) is 6.26 Å². The van der Waals surface area contributed by atoms with Crippen LogP contribution in [-0.2, 0) is 10.0 Å². The van der Waals surface area contributed by atoms with Gasteiger partial charge >= 0.3 is 0 Å². The predicted molar refractivity (Wildman–Crippen MR) is 62.6 cm³/mol. The van der Waals surface area contributed by atoms with E-state index in [1.165, 1.54) is 24.5 Å². The first-order valence-electron chi connectivity index (χ1n) is 4.77. The summed E-state index contributed by atoms with van der Waals surface area (Å²) in [5, 5.41) is 0. The summed E-state index contributed by atoms with van der Waals surface area (Å²) in [6.45, 7) is 0. The lowest BCUT2D eigenvalue weighted by Gasteiger charge is -2.06. The summed E-state index contributed by atoms with van der Waals surface area (Å²) in [4.78, 5) is 0. The molecule has 1 N–H and O–H groups in total. The zero-order chi connectivity index (χ0) is 12.5. The van der Waals surface area contributed by atoms with Crippen molar-refractivity contribution in [1.29, 1.82) is 0 Å².